The van der Waals surface area contributed by atoms with Crippen LogP contribution in [0.5, 0.6) is 0 Å². The zero-order valence-electron chi connectivity index (χ0n) is 6.29. The summed E-state index contributed by atoms with van der Waals surface area (Å²) < 4.78 is 35.0. The molecule has 0 bridgehead atoms. The summed E-state index contributed by atoms with van der Waals surface area (Å²) in [5.41, 5.74) is 0. The van der Waals surface area contributed by atoms with Crippen molar-refractivity contribution in [3.05, 3.63) is 29.0 Å². The molecule has 0 radical (unpaired) electrons. The highest BCUT2D eigenvalue weighted by molar-refractivity contribution is 7.89. The number of nitrogens with one attached hydrogen (secondary N) is 1. The summed E-state index contributed by atoms with van der Waals surface area (Å²) in [6.45, 7) is 0. The molecule has 0 saturated carbocycles. The second-order valence-corrected chi connectivity index (χ2v) is 4.31. The molecule has 1 aromatic rings. The Bertz CT molecular complexity index is 421. The van der Waals surface area contributed by atoms with Crippen molar-refractivity contribution in [1.29, 1.82) is 0 Å². The fourth-order valence-corrected chi connectivity index (χ4v) is 1.61. The summed E-state index contributed by atoms with van der Waals surface area (Å²) in [6.07, 6.45) is 0. The van der Waals surface area contributed by atoms with Gasteiger partial charge in [-0.05, 0) is 18.2 Å². The Kier molecular flexibility index (Phi) is 2.87. The Morgan fingerprint density at radius 3 is 2.54 bits per heavy atom. The molecule has 1 rings (SSSR count). The third kappa shape index (κ3) is 2.16. The number of sulfonamides is 1. The third-order valence-corrected chi connectivity index (χ3v) is 2.79. The van der Waals surface area contributed by atoms with Crippen molar-refractivity contribution in [2.24, 2.45) is 5.84 Å². The van der Waals surface area contributed by atoms with E-state index < -0.39 is 20.7 Å². The zero-order valence-corrected chi connectivity index (χ0v) is 7.86. The lowest BCUT2D eigenvalue weighted by Crippen LogP contribution is -2.30. The predicted molar refractivity (Wildman–Crippen MR) is 45.9 cm³/mol. The van der Waals surface area contributed by atoms with Gasteiger partial charge in [0.1, 0.15) is 10.7 Å². The molecular weight excluding hydrogens is 219 g/mol. The molecule has 0 amide bonds. The Morgan fingerprint density at radius 1 is 1.46 bits per heavy atom. The molecule has 0 aliphatic carbocycles. The molecule has 0 atom stereocenters. The maximum atomic E-state index is 13.0. The smallest absolute Gasteiger partial charge is 0.255 e. The highest BCUT2D eigenvalue weighted by Crippen LogP contribution is 2.17. The van der Waals surface area contributed by atoms with Crippen molar-refractivity contribution >= 4 is 21.6 Å². The van der Waals surface area contributed by atoms with Crippen LogP contribution in [0, 0.1) is 5.82 Å². The van der Waals surface area contributed by atoms with Gasteiger partial charge in [0.2, 0.25) is 0 Å². The summed E-state index contributed by atoms with van der Waals surface area (Å²) in [5, 5.41) is 0.119. The van der Waals surface area contributed by atoms with Crippen LogP contribution < -0.4 is 10.7 Å². The Morgan fingerprint density at radius 2 is 2.08 bits per heavy atom. The topological polar surface area (TPSA) is 72.2 Å². The van der Waals surface area contributed by atoms with E-state index in [9.17, 15) is 12.8 Å². The van der Waals surface area contributed by atoms with Gasteiger partial charge in [0.15, 0.2) is 0 Å². The Hall–Kier alpha value is -0.690. The molecule has 0 aliphatic heterocycles. The van der Waals surface area contributed by atoms with Crippen molar-refractivity contribution in [1.82, 2.24) is 4.83 Å². The van der Waals surface area contributed by atoms with Crippen LogP contribution in [0.2, 0.25) is 5.02 Å². The van der Waals surface area contributed by atoms with E-state index in [1.807, 2.05) is 0 Å². The average Bonchev–Trinajstić information content (AvgIpc) is 2.03. The van der Waals surface area contributed by atoms with Crippen molar-refractivity contribution < 1.29 is 12.8 Å². The number of hydrogen-bond donors (Lipinski definition) is 2. The van der Waals surface area contributed by atoms with Gasteiger partial charge in [0.05, 0.1) is 0 Å². The number of hydrazine groups is 1. The first-order valence-electron chi connectivity index (χ1n) is 3.15. The monoisotopic (exact) mass is 224 g/mol. The van der Waals surface area contributed by atoms with Gasteiger partial charge in [0, 0.05) is 5.02 Å². The van der Waals surface area contributed by atoms with E-state index in [0.29, 0.717) is 0 Å². The van der Waals surface area contributed by atoms with Gasteiger partial charge in [-0.15, -0.1) is 4.83 Å². The summed E-state index contributed by atoms with van der Waals surface area (Å²) in [4.78, 5) is 0.979. The Labute approximate surface area is 79.5 Å². The molecule has 0 unspecified atom stereocenters. The lowest BCUT2D eigenvalue weighted by atomic mass is 10.3. The third-order valence-electron chi connectivity index (χ3n) is 1.34. The van der Waals surface area contributed by atoms with E-state index in [4.69, 9.17) is 17.4 Å². The van der Waals surface area contributed by atoms with Gasteiger partial charge in [-0.3, -0.25) is 5.84 Å². The van der Waals surface area contributed by atoms with E-state index >= 15 is 0 Å². The first kappa shape index (κ1) is 10.4. The quantitative estimate of drug-likeness (QED) is 0.572. The summed E-state index contributed by atoms with van der Waals surface area (Å²) >= 11 is 5.42. The minimum Gasteiger partial charge on any atom is -0.257 e. The standard InChI is InChI=1S/C6H6ClFN2O2S/c7-4-1-2-6(5(8)3-4)13(11,12)10-9/h1-3,10H,9H2. The second-order valence-electron chi connectivity index (χ2n) is 2.20. The lowest BCUT2D eigenvalue weighted by Gasteiger charge is -2.02. The highest BCUT2D eigenvalue weighted by atomic mass is 35.5. The molecule has 0 aromatic heterocycles. The molecule has 3 N–H and O–H groups in total. The molecule has 13 heavy (non-hydrogen) atoms. The highest BCUT2D eigenvalue weighted by Gasteiger charge is 2.16. The minimum absolute atomic E-state index is 0.119. The fourth-order valence-electron chi connectivity index (χ4n) is 0.757. The maximum absolute atomic E-state index is 13.0. The molecule has 0 fully saturated rings. The van der Waals surface area contributed by atoms with Crippen LogP contribution in [0.4, 0.5) is 4.39 Å². The molecule has 0 spiro atoms. The molecule has 7 heteroatoms. The van der Waals surface area contributed by atoms with Crippen LogP contribution in [-0.2, 0) is 10.0 Å². The van der Waals surface area contributed by atoms with Crippen molar-refractivity contribution in [3.8, 4) is 0 Å². The number of hydrogen-bond acceptors (Lipinski definition) is 3. The van der Waals surface area contributed by atoms with Crippen LogP contribution in [0.3, 0.4) is 0 Å². The minimum atomic E-state index is -3.95. The van der Waals surface area contributed by atoms with Crippen LogP contribution in [0.25, 0.3) is 0 Å². The molecule has 4 nitrogen and oxygen atoms in total. The van der Waals surface area contributed by atoms with Gasteiger partial charge in [-0.2, -0.15) is 0 Å². The summed E-state index contributed by atoms with van der Waals surface area (Å²) in [6, 6.07) is 3.19. The van der Waals surface area contributed by atoms with Crippen molar-refractivity contribution in [2.75, 3.05) is 0 Å². The van der Waals surface area contributed by atoms with Crippen LogP contribution in [0.15, 0.2) is 23.1 Å². The molecule has 72 valence electrons. The van der Waals surface area contributed by atoms with Crippen LogP contribution >= 0.6 is 11.6 Å². The lowest BCUT2D eigenvalue weighted by molar-refractivity contribution is 0.559. The SMILES string of the molecule is NNS(=O)(=O)c1ccc(Cl)cc1F. The van der Waals surface area contributed by atoms with Gasteiger partial charge in [-0.1, -0.05) is 11.6 Å². The number of halogens is 2. The van der Waals surface area contributed by atoms with Crippen LogP contribution in [0.1, 0.15) is 0 Å². The normalized spacial score (nSPS) is 11.6. The molecule has 0 saturated heterocycles. The summed E-state index contributed by atoms with van der Waals surface area (Å²) in [7, 11) is -3.95. The zero-order chi connectivity index (χ0) is 10.1. The van der Waals surface area contributed by atoms with Crippen molar-refractivity contribution in [3.63, 3.8) is 0 Å². The Balaban J connectivity index is 3.33. The van der Waals surface area contributed by atoms with E-state index in [0.717, 1.165) is 12.1 Å². The fraction of sp³-hybridized carbons (Fsp3) is 0. The molecule has 1 aromatic carbocycles. The first-order valence-corrected chi connectivity index (χ1v) is 5.01. The van der Waals surface area contributed by atoms with E-state index in [1.54, 1.807) is 0 Å². The molecule has 0 aliphatic rings. The number of nitrogens with two attached hydrogens (primary N) is 1. The van der Waals surface area contributed by atoms with Crippen LogP contribution in [-0.4, -0.2) is 8.42 Å². The number of rotatable bonds is 2. The maximum Gasteiger partial charge on any atom is 0.255 e. The van der Waals surface area contributed by atoms with E-state index in [-0.39, 0.29) is 5.02 Å². The summed E-state index contributed by atoms with van der Waals surface area (Å²) in [5.74, 6) is 3.77. The van der Waals surface area contributed by atoms with Gasteiger partial charge >= 0.3 is 0 Å². The van der Waals surface area contributed by atoms with Gasteiger partial charge < -0.3 is 0 Å². The molecular formula is C6H6ClFN2O2S. The predicted octanol–water partition coefficient (Wildman–Crippen LogP) is 0.631. The first-order chi connectivity index (χ1) is 5.97. The number of benzene rings is 1. The van der Waals surface area contributed by atoms with Gasteiger partial charge in [-0.25, -0.2) is 12.8 Å². The van der Waals surface area contributed by atoms with Crippen molar-refractivity contribution in [2.45, 2.75) is 4.90 Å². The average molecular weight is 225 g/mol. The molecule has 0 heterocycles. The van der Waals surface area contributed by atoms with Gasteiger partial charge in [0.25, 0.3) is 10.0 Å². The largest absolute Gasteiger partial charge is 0.257 e. The van der Waals surface area contributed by atoms with E-state index in [1.165, 1.54) is 10.9 Å². The van der Waals surface area contributed by atoms with E-state index in [2.05, 4.69) is 0 Å². The second kappa shape index (κ2) is 3.59.